The predicted octanol–water partition coefficient (Wildman–Crippen LogP) is 18.0. The SMILES string of the molecule is CC(C)(C)CCCCCCCCCOC(CCCCCCCCCCCCC=COC(=O)NN)(OCCCCCCCCCC(C)(C)C)OCCCCCCCCCC(C)(C)C. The lowest BCUT2D eigenvalue weighted by atomic mass is 9.89. The first-order valence-electron chi connectivity index (χ1n) is 26.8. The number of nitrogens with one attached hydrogen (secondary N) is 1. The number of unbranched alkanes of at least 4 members (excludes halogenated alkanes) is 28. The van der Waals surface area contributed by atoms with E-state index in [1.54, 1.807) is 0 Å². The van der Waals surface area contributed by atoms with E-state index in [0.717, 1.165) is 64.8 Å². The molecule has 0 saturated heterocycles. The first kappa shape index (κ1) is 60.9. The number of carbonyl (C=O) groups is 1. The molecule has 0 aromatic carbocycles. The second kappa shape index (κ2) is 40.2. The van der Waals surface area contributed by atoms with Gasteiger partial charge in [0.15, 0.2) is 0 Å². The van der Waals surface area contributed by atoms with Crippen molar-refractivity contribution in [1.82, 2.24) is 5.43 Å². The second-order valence-corrected chi connectivity index (χ2v) is 22.6. The molecular formula is C55H110N2O5. The third kappa shape index (κ3) is 46.8. The van der Waals surface area contributed by atoms with E-state index in [-0.39, 0.29) is 0 Å². The van der Waals surface area contributed by atoms with Gasteiger partial charge in [0, 0.05) is 6.42 Å². The van der Waals surface area contributed by atoms with E-state index < -0.39 is 12.1 Å². The van der Waals surface area contributed by atoms with Gasteiger partial charge in [-0.05, 0) is 80.1 Å². The van der Waals surface area contributed by atoms with Gasteiger partial charge in [-0.1, -0.05) is 229 Å². The molecule has 0 bridgehead atoms. The smallest absolute Gasteiger partial charge is 0.418 e. The number of hydrazine groups is 1. The molecule has 1 amide bonds. The van der Waals surface area contributed by atoms with Crippen LogP contribution in [0.25, 0.3) is 0 Å². The summed E-state index contributed by atoms with van der Waals surface area (Å²) in [6.45, 7) is 23.4. The van der Waals surface area contributed by atoms with Crippen LogP contribution >= 0.6 is 0 Å². The second-order valence-electron chi connectivity index (χ2n) is 22.6. The number of ether oxygens (including phenoxy) is 4. The molecule has 0 aliphatic carbocycles. The Kier molecular flexibility index (Phi) is 39.4. The highest BCUT2D eigenvalue weighted by Gasteiger charge is 2.33. The maximum atomic E-state index is 11.0. The van der Waals surface area contributed by atoms with Gasteiger partial charge in [-0.15, -0.1) is 0 Å². The zero-order valence-corrected chi connectivity index (χ0v) is 43.4. The van der Waals surface area contributed by atoms with Gasteiger partial charge in [0.2, 0.25) is 0 Å². The number of rotatable bonds is 44. The van der Waals surface area contributed by atoms with Gasteiger partial charge in [0.1, 0.15) is 0 Å². The monoisotopic (exact) mass is 879 g/mol. The fourth-order valence-electron chi connectivity index (χ4n) is 8.18. The van der Waals surface area contributed by atoms with Crippen molar-refractivity contribution in [2.45, 2.75) is 299 Å². The quantitative estimate of drug-likeness (QED) is 0.0158. The Morgan fingerprint density at radius 1 is 0.387 bits per heavy atom. The van der Waals surface area contributed by atoms with Crippen LogP contribution in [-0.2, 0) is 18.9 Å². The van der Waals surface area contributed by atoms with Gasteiger partial charge in [0.05, 0.1) is 26.1 Å². The number of nitrogens with two attached hydrogens (primary N) is 1. The van der Waals surface area contributed by atoms with Gasteiger partial charge in [-0.2, -0.15) is 0 Å². The third-order valence-corrected chi connectivity index (χ3v) is 12.2. The van der Waals surface area contributed by atoms with Gasteiger partial charge in [-0.3, -0.25) is 5.43 Å². The van der Waals surface area contributed by atoms with Crippen molar-refractivity contribution in [1.29, 1.82) is 0 Å². The molecule has 7 nitrogen and oxygen atoms in total. The molecule has 62 heavy (non-hydrogen) atoms. The Bertz CT molecular complexity index is 911. The van der Waals surface area contributed by atoms with Gasteiger partial charge in [-0.25, -0.2) is 10.6 Å². The fourth-order valence-corrected chi connectivity index (χ4v) is 8.18. The minimum atomic E-state index is -0.898. The van der Waals surface area contributed by atoms with Crippen LogP contribution in [0.1, 0.15) is 293 Å². The summed E-state index contributed by atoms with van der Waals surface area (Å²) in [5, 5.41) is 0. The highest BCUT2D eigenvalue weighted by molar-refractivity contribution is 5.66. The largest absolute Gasteiger partial charge is 0.426 e. The average molecular weight is 879 g/mol. The van der Waals surface area contributed by atoms with Crippen molar-refractivity contribution in [3.05, 3.63) is 12.3 Å². The lowest BCUT2D eigenvalue weighted by Gasteiger charge is -2.34. The minimum Gasteiger partial charge on any atom is -0.418 e. The van der Waals surface area contributed by atoms with Crippen LogP contribution in [0.4, 0.5) is 4.79 Å². The van der Waals surface area contributed by atoms with Crippen molar-refractivity contribution in [3.63, 3.8) is 0 Å². The lowest BCUT2D eigenvalue weighted by molar-refractivity contribution is -0.384. The van der Waals surface area contributed by atoms with Crippen molar-refractivity contribution in [3.8, 4) is 0 Å². The molecule has 7 heteroatoms. The summed E-state index contributed by atoms with van der Waals surface area (Å²) in [6.07, 6.45) is 47.8. The fraction of sp³-hybridized carbons (Fsp3) is 0.945. The third-order valence-electron chi connectivity index (χ3n) is 12.2. The summed E-state index contributed by atoms with van der Waals surface area (Å²) in [7, 11) is 0. The predicted molar refractivity (Wildman–Crippen MR) is 268 cm³/mol. The van der Waals surface area contributed by atoms with Gasteiger partial charge < -0.3 is 18.9 Å². The average Bonchev–Trinajstić information content (AvgIpc) is 3.20. The van der Waals surface area contributed by atoms with Crippen LogP contribution in [0.15, 0.2) is 12.3 Å². The highest BCUT2D eigenvalue weighted by atomic mass is 16.9. The van der Waals surface area contributed by atoms with E-state index in [1.807, 2.05) is 11.5 Å². The van der Waals surface area contributed by atoms with E-state index in [4.69, 9.17) is 24.8 Å². The summed E-state index contributed by atoms with van der Waals surface area (Å²) < 4.78 is 25.1. The molecule has 0 aromatic rings. The molecule has 0 rings (SSSR count). The number of amides is 1. The lowest BCUT2D eigenvalue weighted by Crippen LogP contribution is -2.40. The summed E-state index contributed by atoms with van der Waals surface area (Å²) in [5.41, 5.74) is 3.32. The molecule has 370 valence electrons. The standard InChI is InChI=1S/C55H110N2O5/c1-52(2,3)43-35-27-19-16-24-32-40-48-60-55(61-49-41-33-25-17-20-28-36-44-53(4,5)6,62-50-42-34-26-18-21-29-37-45-54(7,8)9)46-38-30-22-14-12-10-11-13-15-23-31-39-47-59-51(58)57-56/h39,47H,10-38,40-46,48-50,56H2,1-9H3,(H,57,58). The molecule has 0 unspecified atom stereocenters. The van der Waals surface area contributed by atoms with Crippen LogP contribution in [0, 0.1) is 16.2 Å². The highest BCUT2D eigenvalue weighted by Crippen LogP contribution is 2.28. The maximum Gasteiger partial charge on any atom is 0.426 e. The Hall–Kier alpha value is -1.15. The van der Waals surface area contributed by atoms with Crippen molar-refractivity contribution in [2.75, 3.05) is 19.8 Å². The molecule has 0 aromatic heterocycles. The molecule has 3 N–H and O–H groups in total. The molecule has 0 radical (unpaired) electrons. The number of allylic oxidation sites excluding steroid dienone is 1. The van der Waals surface area contributed by atoms with Crippen molar-refractivity contribution >= 4 is 6.09 Å². The van der Waals surface area contributed by atoms with Crippen molar-refractivity contribution in [2.24, 2.45) is 22.1 Å². The first-order valence-corrected chi connectivity index (χ1v) is 26.8. The Morgan fingerprint density at radius 3 is 0.935 bits per heavy atom. The molecule has 0 aliphatic rings. The normalized spacial score (nSPS) is 12.8. The van der Waals surface area contributed by atoms with Gasteiger partial charge in [0.25, 0.3) is 5.97 Å². The summed E-state index contributed by atoms with van der Waals surface area (Å²) in [6, 6.07) is 0. The zero-order chi connectivity index (χ0) is 46.1. The molecule has 0 spiro atoms. The zero-order valence-electron chi connectivity index (χ0n) is 43.4. The summed E-state index contributed by atoms with van der Waals surface area (Å²) in [5.74, 6) is 4.12. The van der Waals surface area contributed by atoms with E-state index in [9.17, 15) is 4.79 Å². The van der Waals surface area contributed by atoms with Crippen LogP contribution in [0.5, 0.6) is 0 Å². The van der Waals surface area contributed by atoms with Crippen LogP contribution in [0.2, 0.25) is 0 Å². The van der Waals surface area contributed by atoms with Crippen molar-refractivity contribution < 1.29 is 23.7 Å². The number of hydrogen-bond acceptors (Lipinski definition) is 6. The van der Waals surface area contributed by atoms with E-state index in [1.165, 1.54) is 192 Å². The first-order chi connectivity index (χ1) is 29.6. The Balaban J connectivity index is 5.01. The van der Waals surface area contributed by atoms with Crippen LogP contribution < -0.4 is 11.3 Å². The molecule has 0 atom stereocenters. The topological polar surface area (TPSA) is 92.0 Å². The Labute approximate surface area is 387 Å². The molecule has 0 heterocycles. The van der Waals surface area contributed by atoms with E-state index in [2.05, 4.69) is 62.3 Å². The van der Waals surface area contributed by atoms with Gasteiger partial charge >= 0.3 is 6.09 Å². The molecule has 0 saturated carbocycles. The molecular weight excluding hydrogens is 769 g/mol. The number of carbonyl (C=O) groups excluding carboxylic acids is 1. The number of hydrogen-bond donors (Lipinski definition) is 2. The Morgan fingerprint density at radius 2 is 0.645 bits per heavy atom. The van der Waals surface area contributed by atoms with E-state index in [0.29, 0.717) is 16.2 Å². The minimum absolute atomic E-state index is 0.455. The summed E-state index contributed by atoms with van der Waals surface area (Å²) >= 11 is 0. The maximum absolute atomic E-state index is 11.0. The summed E-state index contributed by atoms with van der Waals surface area (Å²) in [4.78, 5) is 11.0. The van der Waals surface area contributed by atoms with Crippen LogP contribution in [-0.4, -0.2) is 31.9 Å². The molecule has 0 aliphatic heterocycles. The molecule has 0 fully saturated rings. The van der Waals surface area contributed by atoms with E-state index >= 15 is 0 Å². The van der Waals surface area contributed by atoms with Crippen LogP contribution in [0.3, 0.4) is 0 Å².